The van der Waals surface area contributed by atoms with Gasteiger partial charge in [-0.15, -0.1) is 0 Å². The van der Waals surface area contributed by atoms with Crippen molar-refractivity contribution in [2.75, 3.05) is 18.2 Å². The first kappa shape index (κ1) is 11.2. The number of hydrogen-bond acceptors (Lipinski definition) is 5. The van der Waals surface area contributed by atoms with E-state index in [0.717, 1.165) is 11.4 Å². The highest BCUT2D eigenvalue weighted by Gasteiger charge is 1.98. The number of aromatic nitrogens is 2. The molecule has 0 saturated carbocycles. The van der Waals surface area contributed by atoms with Gasteiger partial charge in [0.05, 0.1) is 7.11 Å². The van der Waals surface area contributed by atoms with Crippen LogP contribution in [0.25, 0.3) is 0 Å². The first-order valence-electron chi connectivity index (χ1n) is 5.22. The lowest BCUT2D eigenvalue weighted by atomic mass is 10.2. The Bertz CT molecular complexity index is 501. The number of nitrogens with two attached hydrogens (primary N) is 1. The molecule has 88 valence electrons. The number of nitrogens with one attached hydrogen (secondary N) is 1. The number of methoxy groups -OCH3 is 1. The average molecular weight is 230 g/mol. The minimum atomic E-state index is 0.602. The van der Waals surface area contributed by atoms with Crippen LogP contribution in [0, 0.1) is 0 Å². The Kier molecular flexibility index (Phi) is 3.40. The van der Waals surface area contributed by atoms with Gasteiger partial charge in [-0.2, -0.15) is 0 Å². The Balaban J connectivity index is 2.02. The zero-order valence-electron chi connectivity index (χ0n) is 9.55. The summed E-state index contributed by atoms with van der Waals surface area (Å²) < 4.78 is 5.05. The van der Waals surface area contributed by atoms with E-state index < -0.39 is 0 Å². The molecular formula is C12H14N4O. The molecule has 2 rings (SSSR count). The van der Waals surface area contributed by atoms with Crippen LogP contribution in [-0.2, 0) is 6.54 Å². The van der Waals surface area contributed by atoms with Gasteiger partial charge >= 0.3 is 0 Å². The summed E-state index contributed by atoms with van der Waals surface area (Å²) in [6.07, 6.45) is 3.38. The number of nitrogens with zero attached hydrogens (tertiary/aromatic N) is 2. The van der Waals surface area contributed by atoms with E-state index in [1.807, 2.05) is 12.1 Å². The second kappa shape index (κ2) is 5.16. The van der Waals surface area contributed by atoms with Gasteiger partial charge in [0.25, 0.3) is 0 Å². The second-order valence-electron chi connectivity index (χ2n) is 3.53. The smallest absolute Gasteiger partial charge is 0.213 e. The molecule has 5 nitrogen and oxygen atoms in total. The average Bonchev–Trinajstić information content (AvgIpc) is 2.37. The Morgan fingerprint density at radius 3 is 2.82 bits per heavy atom. The number of rotatable bonds is 4. The summed E-state index contributed by atoms with van der Waals surface area (Å²) in [5.41, 5.74) is 7.42. The molecule has 2 heterocycles. The highest BCUT2D eigenvalue weighted by molar-refractivity contribution is 5.48. The molecule has 0 atom stereocenters. The lowest BCUT2D eigenvalue weighted by Crippen LogP contribution is -2.02. The second-order valence-corrected chi connectivity index (χ2v) is 3.53. The molecule has 0 aromatic carbocycles. The number of pyridine rings is 2. The van der Waals surface area contributed by atoms with Gasteiger partial charge in [0.1, 0.15) is 5.82 Å². The normalized spacial score (nSPS) is 9.94. The zero-order chi connectivity index (χ0) is 12.1. The Hall–Kier alpha value is -2.30. The summed E-state index contributed by atoms with van der Waals surface area (Å²) in [4.78, 5) is 8.20. The number of ether oxygens (including phenoxy) is 1. The maximum atomic E-state index is 5.66. The Morgan fingerprint density at radius 1 is 1.24 bits per heavy atom. The number of anilines is 2. The van der Waals surface area contributed by atoms with Crippen LogP contribution in [-0.4, -0.2) is 17.1 Å². The van der Waals surface area contributed by atoms with Crippen LogP contribution in [0.4, 0.5) is 11.5 Å². The van der Waals surface area contributed by atoms with E-state index in [-0.39, 0.29) is 0 Å². The van der Waals surface area contributed by atoms with E-state index in [2.05, 4.69) is 15.3 Å². The molecule has 0 bridgehead atoms. The van der Waals surface area contributed by atoms with Crippen LogP contribution >= 0.6 is 0 Å². The molecule has 0 amide bonds. The molecule has 2 aromatic heterocycles. The molecule has 3 N–H and O–H groups in total. The molecule has 0 aliphatic rings. The fourth-order valence-corrected chi connectivity index (χ4v) is 1.41. The first-order valence-corrected chi connectivity index (χ1v) is 5.22. The van der Waals surface area contributed by atoms with E-state index >= 15 is 0 Å². The maximum Gasteiger partial charge on any atom is 0.213 e. The molecular weight excluding hydrogens is 216 g/mol. The van der Waals surface area contributed by atoms with Crippen LogP contribution in [0.2, 0.25) is 0 Å². The van der Waals surface area contributed by atoms with Gasteiger partial charge < -0.3 is 15.8 Å². The molecule has 0 fully saturated rings. The Morgan fingerprint density at radius 2 is 2.06 bits per heavy atom. The van der Waals surface area contributed by atoms with Crippen LogP contribution in [0.1, 0.15) is 5.56 Å². The van der Waals surface area contributed by atoms with E-state index in [1.54, 1.807) is 31.6 Å². The predicted molar refractivity (Wildman–Crippen MR) is 66.8 cm³/mol. The van der Waals surface area contributed by atoms with E-state index in [9.17, 15) is 0 Å². The summed E-state index contributed by atoms with van der Waals surface area (Å²) in [6, 6.07) is 7.33. The standard InChI is InChI=1S/C12H14N4O/c1-17-12-6-9(2-4-15-12)8-16-11-7-10(13)3-5-14-11/h2-7H,8H2,1H3,(H3,13,14,16). The summed E-state index contributed by atoms with van der Waals surface area (Å²) in [6.45, 7) is 0.648. The minimum Gasteiger partial charge on any atom is -0.481 e. The third-order valence-corrected chi connectivity index (χ3v) is 2.27. The fourth-order valence-electron chi connectivity index (χ4n) is 1.41. The van der Waals surface area contributed by atoms with Crippen LogP contribution in [0.3, 0.4) is 0 Å². The molecule has 0 radical (unpaired) electrons. The molecule has 5 heteroatoms. The van der Waals surface area contributed by atoms with Gasteiger partial charge in [-0.3, -0.25) is 0 Å². The summed E-state index contributed by atoms with van der Waals surface area (Å²) in [7, 11) is 1.60. The third-order valence-electron chi connectivity index (χ3n) is 2.27. The highest BCUT2D eigenvalue weighted by atomic mass is 16.5. The molecule has 0 spiro atoms. The number of hydrogen-bond donors (Lipinski definition) is 2. The van der Waals surface area contributed by atoms with Crippen molar-refractivity contribution >= 4 is 11.5 Å². The topological polar surface area (TPSA) is 73.1 Å². The summed E-state index contributed by atoms with van der Waals surface area (Å²) in [5, 5.41) is 3.18. The number of nitrogen functional groups attached to an aromatic ring is 1. The zero-order valence-corrected chi connectivity index (χ0v) is 9.55. The van der Waals surface area contributed by atoms with Crippen molar-refractivity contribution in [1.29, 1.82) is 0 Å². The third kappa shape index (κ3) is 3.07. The molecule has 0 saturated heterocycles. The van der Waals surface area contributed by atoms with Gasteiger partial charge in [-0.05, 0) is 17.7 Å². The van der Waals surface area contributed by atoms with E-state index in [0.29, 0.717) is 18.1 Å². The largest absolute Gasteiger partial charge is 0.481 e. The quantitative estimate of drug-likeness (QED) is 0.836. The molecule has 0 aliphatic carbocycles. The van der Waals surface area contributed by atoms with Crippen LogP contribution in [0.15, 0.2) is 36.7 Å². The molecule has 0 unspecified atom stereocenters. The van der Waals surface area contributed by atoms with Gasteiger partial charge in [-0.25, -0.2) is 9.97 Å². The lowest BCUT2D eigenvalue weighted by Gasteiger charge is -2.07. The highest BCUT2D eigenvalue weighted by Crippen LogP contribution is 2.12. The molecule has 2 aromatic rings. The minimum absolute atomic E-state index is 0.602. The summed E-state index contributed by atoms with van der Waals surface area (Å²) in [5.74, 6) is 1.35. The maximum absolute atomic E-state index is 5.66. The van der Waals surface area contributed by atoms with Crippen LogP contribution in [0.5, 0.6) is 5.88 Å². The first-order chi connectivity index (χ1) is 8.28. The fraction of sp³-hybridized carbons (Fsp3) is 0.167. The molecule has 0 aliphatic heterocycles. The SMILES string of the molecule is COc1cc(CNc2cc(N)ccn2)ccn1. The van der Waals surface area contributed by atoms with E-state index in [4.69, 9.17) is 10.5 Å². The van der Waals surface area contributed by atoms with Gasteiger partial charge in [0.2, 0.25) is 5.88 Å². The van der Waals surface area contributed by atoms with Crippen molar-refractivity contribution in [3.8, 4) is 5.88 Å². The monoisotopic (exact) mass is 230 g/mol. The van der Waals surface area contributed by atoms with Crippen molar-refractivity contribution in [1.82, 2.24) is 9.97 Å². The van der Waals surface area contributed by atoms with E-state index in [1.165, 1.54) is 0 Å². The van der Waals surface area contributed by atoms with Crippen molar-refractivity contribution in [2.24, 2.45) is 0 Å². The van der Waals surface area contributed by atoms with Gasteiger partial charge in [-0.1, -0.05) is 0 Å². The van der Waals surface area contributed by atoms with Crippen molar-refractivity contribution in [2.45, 2.75) is 6.54 Å². The van der Waals surface area contributed by atoms with Crippen molar-refractivity contribution in [3.05, 3.63) is 42.2 Å². The lowest BCUT2D eigenvalue weighted by molar-refractivity contribution is 0.397. The van der Waals surface area contributed by atoms with Crippen LogP contribution < -0.4 is 15.8 Å². The Labute approximate surface area is 99.7 Å². The molecule has 17 heavy (non-hydrogen) atoms. The van der Waals surface area contributed by atoms with Crippen molar-refractivity contribution < 1.29 is 4.74 Å². The van der Waals surface area contributed by atoms with Gasteiger partial charge in [0, 0.05) is 36.8 Å². The predicted octanol–water partition coefficient (Wildman–Crippen LogP) is 1.68. The summed E-state index contributed by atoms with van der Waals surface area (Å²) >= 11 is 0. The van der Waals surface area contributed by atoms with Crippen molar-refractivity contribution in [3.63, 3.8) is 0 Å². The van der Waals surface area contributed by atoms with Gasteiger partial charge in [0.15, 0.2) is 0 Å².